The number of methoxy groups -OCH3 is 1. The zero-order valence-electron chi connectivity index (χ0n) is 13.8. The van der Waals surface area contributed by atoms with Gasteiger partial charge in [0.1, 0.15) is 11.4 Å². The van der Waals surface area contributed by atoms with Crippen molar-refractivity contribution in [1.82, 2.24) is 4.90 Å². The zero-order valence-corrected chi connectivity index (χ0v) is 15.4. The number of hydrogen-bond acceptors (Lipinski definition) is 5. The van der Waals surface area contributed by atoms with E-state index in [4.69, 9.17) is 4.74 Å². The van der Waals surface area contributed by atoms with Crippen LogP contribution in [0, 0.1) is 10.1 Å². The second-order valence-corrected chi connectivity index (χ2v) is 6.44. The molecule has 2 aromatic rings. The molecule has 0 aliphatic rings. The quantitative estimate of drug-likeness (QED) is 0.566. The van der Waals surface area contributed by atoms with Gasteiger partial charge in [-0.3, -0.25) is 10.1 Å². The van der Waals surface area contributed by atoms with Crippen LogP contribution in [0.25, 0.3) is 0 Å². The Morgan fingerprint density at radius 1 is 1.29 bits per heavy atom. The second kappa shape index (κ2) is 8.12. The summed E-state index contributed by atoms with van der Waals surface area (Å²) in [5.41, 5.74) is 1.56. The maximum absolute atomic E-state index is 11.2. The van der Waals surface area contributed by atoms with Crippen molar-refractivity contribution in [2.45, 2.75) is 6.04 Å². The van der Waals surface area contributed by atoms with Crippen LogP contribution in [-0.4, -0.2) is 37.6 Å². The van der Waals surface area contributed by atoms with Gasteiger partial charge in [0, 0.05) is 22.6 Å². The number of halogens is 1. The van der Waals surface area contributed by atoms with Crippen molar-refractivity contribution in [2.24, 2.45) is 0 Å². The van der Waals surface area contributed by atoms with Gasteiger partial charge in [0.05, 0.1) is 18.1 Å². The third-order valence-electron chi connectivity index (χ3n) is 3.76. The van der Waals surface area contributed by atoms with E-state index in [-0.39, 0.29) is 16.7 Å². The molecule has 0 aliphatic heterocycles. The summed E-state index contributed by atoms with van der Waals surface area (Å²) in [5, 5.41) is 14.4. The smallest absolute Gasteiger partial charge is 0.293 e. The van der Waals surface area contributed by atoms with Gasteiger partial charge in [0.15, 0.2) is 0 Å². The highest BCUT2D eigenvalue weighted by molar-refractivity contribution is 9.10. The Morgan fingerprint density at radius 3 is 2.62 bits per heavy atom. The van der Waals surface area contributed by atoms with Gasteiger partial charge in [-0.25, -0.2) is 0 Å². The van der Waals surface area contributed by atoms with E-state index in [0.29, 0.717) is 16.7 Å². The maximum atomic E-state index is 11.2. The van der Waals surface area contributed by atoms with E-state index in [1.807, 2.05) is 38.4 Å². The fraction of sp³-hybridized carbons (Fsp3) is 0.294. The Kier molecular flexibility index (Phi) is 6.16. The first-order valence-electron chi connectivity index (χ1n) is 7.41. The van der Waals surface area contributed by atoms with Crippen LogP contribution in [0.15, 0.2) is 46.9 Å². The van der Waals surface area contributed by atoms with Crippen molar-refractivity contribution in [3.63, 3.8) is 0 Å². The molecule has 0 amide bonds. The lowest BCUT2D eigenvalue weighted by atomic mass is 10.0. The predicted molar refractivity (Wildman–Crippen MR) is 98.7 cm³/mol. The minimum absolute atomic E-state index is 0.00407. The highest BCUT2D eigenvalue weighted by atomic mass is 79.9. The van der Waals surface area contributed by atoms with Crippen LogP contribution in [0.2, 0.25) is 0 Å². The average Bonchev–Trinajstić information content (AvgIpc) is 2.56. The highest BCUT2D eigenvalue weighted by Gasteiger charge is 2.20. The lowest BCUT2D eigenvalue weighted by molar-refractivity contribution is -0.384. The number of nitrogens with one attached hydrogen (secondary N) is 1. The van der Waals surface area contributed by atoms with Crippen LogP contribution in [0.4, 0.5) is 11.4 Å². The van der Waals surface area contributed by atoms with Gasteiger partial charge < -0.3 is 15.0 Å². The number of rotatable bonds is 7. The minimum Gasteiger partial charge on any atom is -0.496 e. The van der Waals surface area contributed by atoms with Crippen LogP contribution in [0.1, 0.15) is 11.6 Å². The fourth-order valence-electron chi connectivity index (χ4n) is 2.52. The summed E-state index contributed by atoms with van der Waals surface area (Å²) in [6.07, 6.45) is 0. The molecule has 1 atom stereocenters. The Hall–Kier alpha value is -2.12. The minimum atomic E-state index is -0.388. The lowest BCUT2D eigenvalue weighted by Gasteiger charge is -2.27. The summed E-state index contributed by atoms with van der Waals surface area (Å²) in [6.45, 7) is 0.510. The van der Waals surface area contributed by atoms with Crippen molar-refractivity contribution in [2.75, 3.05) is 33.1 Å². The summed E-state index contributed by atoms with van der Waals surface area (Å²) < 4.78 is 6.11. The largest absolute Gasteiger partial charge is 0.496 e. The molecule has 1 unspecified atom stereocenters. The van der Waals surface area contributed by atoms with E-state index in [2.05, 4.69) is 26.1 Å². The molecular weight excluding hydrogens is 374 g/mol. The molecule has 0 bridgehead atoms. The van der Waals surface area contributed by atoms with E-state index in [9.17, 15) is 10.1 Å². The van der Waals surface area contributed by atoms with Crippen LogP contribution < -0.4 is 10.1 Å². The summed E-state index contributed by atoms with van der Waals surface area (Å²) in [5.74, 6) is 0.795. The van der Waals surface area contributed by atoms with Gasteiger partial charge in [-0.05, 0) is 32.3 Å². The lowest BCUT2D eigenvalue weighted by Crippen LogP contribution is -2.27. The molecular formula is C17H20BrN3O3. The Labute approximate surface area is 149 Å². The number of ether oxygens (including phenoxy) is 1. The van der Waals surface area contributed by atoms with Crippen molar-refractivity contribution in [3.05, 3.63) is 62.6 Å². The van der Waals surface area contributed by atoms with Gasteiger partial charge in [0.2, 0.25) is 0 Å². The zero-order chi connectivity index (χ0) is 17.7. The molecule has 0 radical (unpaired) electrons. The highest BCUT2D eigenvalue weighted by Crippen LogP contribution is 2.31. The van der Waals surface area contributed by atoms with Gasteiger partial charge in [0.25, 0.3) is 5.69 Å². The number of likely N-dealkylation sites (N-methyl/N-ethyl adjacent to an activating group) is 1. The van der Waals surface area contributed by atoms with Crippen LogP contribution in [0.3, 0.4) is 0 Å². The van der Waals surface area contributed by atoms with Crippen molar-refractivity contribution < 1.29 is 9.66 Å². The molecule has 0 aliphatic carbocycles. The SMILES string of the molecule is COc1ccccc1C(CNc1ccc(Br)cc1[N+](=O)[O-])N(C)C. The molecule has 0 fully saturated rings. The Balaban J connectivity index is 2.26. The standard InChI is InChI=1S/C17H20BrN3O3/c1-20(2)16(13-6-4-5-7-17(13)24-3)11-19-14-9-8-12(18)10-15(14)21(22)23/h4-10,16,19H,11H2,1-3H3. The van der Waals surface area contributed by atoms with Crippen molar-refractivity contribution in [3.8, 4) is 5.75 Å². The first-order chi connectivity index (χ1) is 11.4. The number of anilines is 1. The number of nitro groups is 1. The van der Waals surface area contributed by atoms with E-state index in [1.54, 1.807) is 19.2 Å². The Bertz CT molecular complexity index is 722. The third kappa shape index (κ3) is 4.24. The molecule has 7 heteroatoms. The van der Waals surface area contributed by atoms with Gasteiger partial charge in [-0.15, -0.1) is 0 Å². The topological polar surface area (TPSA) is 67.6 Å². The number of nitrogens with zero attached hydrogens (tertiary/aromatic N) is 2. The van der Waals surface area contributed by atoms with Gasteiger partial charge >= 0.3 is 0 Å². The molecule has 0 spiro atoms. The molecule has 24 heavy (non-hydrogen) atoms. The van der Waals surface area contributed by atoms with E-state index in [0.717, 1.165) is 11.3 Å². The summed E-state index contributed by atoms with van der Waals surface area (Å²) in [6, 6.07) is 12.8. The van der Waals surface area contributed by atoms with Crippen LogP contribution in [-0.2, 0) is 0 Å². The Morgan fingerprint density at radius 2 is 2.00 bits per heavy atom. The predicted octanol–water partition coefficient (Wildman–Crippen LogP) is 4.08. The molecule has 128 valence electrons. The van der Waals surface area contributed by atoms with E-state index >= 15 is 0 Å². The number of para-hydroxylation sites is 1. The molecule has 1 N–H and O–H groups in total. The summed E-state index contributed by atoms with van der Waals surface area (Å²) in [4.78, 5) is 12.9. The molecule has 0 heterocycles. The first-order valence-corrected chi connectivity index (χ1v) is 8.20. The third-order valence-corrected chi connectivity index (χ3v) is 4.26. The molecule has 2 aromatic carbocycles. The van der Waals surface area contributed by atoms with Crippen molar-refractivity contribution in [1.29, 1.82) is 0 Å². The normalized spacial score (nSPS) is 12.0. The number of nitro benzene ring substituents is 1. The van der Waals surface area contributed by atoms with Gasteiger partial charge in [-0.2, -0.15) is 0 Å². The second-order valence-electron chi connectivity index (χ2n) is 5.52. The number of hydrogen-bond donors (Lipinski definition) is 1. The monoisotopic (exact) mass is 393 g/mol. The van der Waals surface area contributed by atoms with Gasteiger partial charge in [-0.1, -0.05) is 34.1 Å². The molecule has 0 aromatic heterocycles. The van der Waals surface area contributed by atoms with E-state index < -0.39 is 0 Å². The number of benzene rings is 2. The first kappa shape index (κ1) is 18.2. The average molecular weight is 394 g/mol. The molecule has 2 rings (SSSR count). The van der Waals surface area contributed by atoms with Crippen LogP contribution in [0.5, 0.6) is 5.75 Å². The van der Waals surface area contributed by atoms with Crippen LogP contribution >= 0.6 is 15.9 Å². The molecule has 0 saturated heterocycles. The molecule has 6 nitrogen and oxygen atoms in total. The summed E-state index contributed by atoms with van der Waals surface area (Å²) in [7, 11) is 5.57. The molecule has 0 saturated carbocycles. The fourth-order valence-corrected chi connectivity index (χ4v) is 2.87. The maximum Gasteiger partial charge on any atom is 0.293 e. The summed E-state index contributed by atoms with van der Waals surface area (Å²) >= 11 is 3.27. The van der Waals surface area contributed by atoms with E-state index in [1.165, 1.54) is 6.07 Å². The van der Waals surface area contributed by atoms with Crippen molar-refractivity contribution >= 4 is 27.3 Å².